The molecule has 2 rings (SSSR count). The van der Waals surface area contributed by atoms with Crippen molar-refractivity contribution in [2.24, 2.45) is 0 Å². The van der Waals surface area contributed by atoms with E-state index in [0.29, 0.717) is 11.6 Å². The van der Waals surface area contributed by atoms with Crippen molar-refractivity contribution in [1.82, 2.24) is 24.7 Å². The van der Waals surface area contributed by atoms with Crippen molar-refractivity contribution in [2.75, 3.05) is 20.8 Å². The van der Waals surface area contributed by atoms with Crippen LogP contribution in [0, 0.1) is 0 Å². The number of methoxy groups -OCH3 is 1. The van der Waals surface area contributed by atoms with Gasteiger partial charge in [-0.1, -0.05) is 0 Å². The van der Waals surface area contributed by atoms with Gasteiger partial charge >= 0.3 is 5.69 Å². The van der Waals surface area contributed by atoms with E-state index >= 15 is 0 Å². The largest absolute Gasteiger partial charge is 0.383 e. The van der Waals surface area contributed by atoms with Crippen LogP contribution in [0.15, 0.2) is 22.3 Å². The Bertz CT molecular complexity index is 648. The number of likely N-dealkylation sites (N-methyl/N-ethyl adjacent to an activating group) is 1. The van der Waals surface area contributed by atoms with Crippen molar-refractivity contribution in [3.05, 3.63) is 28.0 Å². The number of hydrogen-bond donors (Lipinski definition) is 0. The Morgan fingerprint density at radius 1 is 1.52 bits per heavy atom. The van der Waals surface area contributed by atoms with E-state index in [1.807, 2.05) is 18.4 Å². The molecule has 0 bridgehead atoms. The van der Waals surface area contributed by atoms with Gasteiger partial charge in [0.2, 0.25) is 5.91 Å². The molecule has 9 heteroatoms. The third-order valence-electron chi connectivity index (χ3n) is 3.10. The van der Waals surface area contributed by atoms with E-state index < -0.39 is 5.69 Å². The summed E-state index contributed by atoms with van der Waals surface area (Å²) in [6.07, 6.45) is 0. The lowest BCUT2D eigenvalue weighted by Crippen LogP contribution is -2.41. The second-order valence-electron chi connectivity index (χ2n) is 4.59. The van der Waals surface area contributed by atoms with Gasteiger partial charge in [0.15, 0.2) is 0 Å². The molecule has 2 heterocycles. The topological polar surface area (TPSA) is 82.2 Å². The van der Waals surface area contributed by atoms with Crippen molar-refractivity contribution in [2.45, 2.75) is 19.5 Å². The SMILES string of the molecule is COCC(C)N(C)C(=O)Cn1nnn(-c2cccs2)c1=O. The second-order valence-corrected chi connectivity index (χ2v) is 5.52. The maximum atomic E-state index is 12.1. The van der Waals surface area contributed by atoms with Gasteiger partial charge in [-0.05, 0) is 34.9 Å². The summed E-state index contributed by atoms with van der Waals surface area (Å²) in [4.78, 5) is 25.8. The first-order valence-corrected chi connectivity index (χ1v) is 7.24. The molecule has 2 aromatic rings. The van der Waals surface area contributed by atoms with Crippen LogP contribution in [0.4, 0.5) is 0 Å². The minimum Gasteiger partial charge on any atom is -0.383 e. The Hall–Kier alpha value is -2.00. The molecule has 0 radical (unpaired) electrons. The van der Waals surface area contributed by atoms with Crippen LogP contribution in [0.25, 0.3) is 5.00 Å². The normalized spacial score (nSPS) is 12.3. The van der Waals surface area contributed by atoms with Crippen molar-refractivity contribution < 1.29 is 9.53 Å². The van der Waals surface area contributed by atoms with E-state index in [0.717, 1.165) is 4.68 Å². The lowest BCUT2D eigenvalue weighted by Gasteiger charge is -2.23. The molecular weight excluding hydrogens is 294 g/mol. The zero-order valence-corrected chi connectivity index (χ0v) is 12.9. The van der Waals surface area contributed by atoms with Gasteiger partial charge in [0, 0.05) is 14.2 Å². The van der Waals surface area contributed by atoms with Crippen molar-refractivity contribution in [1.29, 1.82) is 0 Å². The van der Waals surface area contributed by atoms with Crippen LogP contribution in [-0.4, -0.2) is 57.4 Å². The van der Waals surface area contributed by atoms with Crippen molar-refractivity contribution in [3.8, 4) is 5.00 Å². The fourth-order valence-electron chi connectivity index (χ4n) is 1.74. The average Bonchev–Trinajstić information content (AvgIpc) is 3.09. The summed E-state index contributed by atoms with van der Waals surface area (Å²) in [6.45, 7) is 2.15. The predicted molar refractivity (Wildman–Crippen MR) is 77.6 cm³/mol. The zero-order valence-electron chi connectivity index (χ0n) is 12.1. The molecule has 1 amide bonds. The molecule has 0 aromatic carbocycles. The van der Waals surface area contributed by atoms with Gasteiger partial charge in [0.25, 0.3) is 0 Å². The Morgan fingerprint density at radius 3 is 2.90 bits per heavy atom. The first kappa shape index (κ1) is 15.4. The number of nitrogens with zero attached hydrogens (tertiary/aromatic N) is 5. The number of ether oxygens (including phenoxy) is 1. The van der Waals surface area contributed by atoms with Crippen LogP contribution < -0.4 is 5.69 Å². The number of rotatable bonds is 6. The summed E-state index contributed by atoms with van der Waals surface area (Å²) in [7, 11) is 3.24. The van der Waals surface area contributed by atoms with Gasteiger partial charge in [-0.15, -0.1) is 11.3 Å². The average molecular weight is 311 g/mol. The van der Waals surface area contributed by atoms with Gasteiger partial charge in [-0.3, -0.25) is 4.79 Å². The number of carbonyl (C=O) groups excluding carboxylic acids is 1. The Morgan fingerprint density at radius 2 is 2.29 bits per heavy atom. The van der Waals surface area contributed by atoms with Gasteiger partial charge < -0.3 is 9.64 Å². The summed E-state index contributed by atoms with van der Waals surface area (Å²) in [5.41, 5.74) is -0.432. The van der Waals surface area contributed by atoms with Crippen LogP contribution in [-0.2, 0) is 16.1 Å². The summed E-state index contributed by atoms with van der Waals surface area (Å²) in [5, 5.41) is 10.0. The smallest absolute Gasteiger partial charge is 0.369 e. The molecule has 0 saturated carbocycles. The number of carbonyl (C=O) groups is 1. The molecule has 0 aliphatic rings. The summed E-state index contributed by atoms with van der Waals surface area (Å²) in [6, 6.07) is 3.50. The van der Waals surface area contributed by atoms with Crippen molar-refractivity contribution >= 4 is 17.2 Å². The lowest BCUT2D eigenvalue weighted by molar-refractivity contribution is -0.133. The Balaban J connectivity index is 2.11. The fourth-order valence-corrected chi connectivity index (χ4v) is 2.41. The Kier molecular flexibility index (Phi) is 4.86. The molecule has 1 atom stereocenters. The number of tetrazole rings is 1. The highest BCUT2D eigenvalue weighted by molar-refractivity contribution is 7.12. The maximum absolute atomic E-state index is 12.1. The minimum atomic E-state index is -0.432. The zero-order chi connectivity index (χ0) is 15.4. The van der Waals surface area contributed by atoms with Gasteiger partial charge in [0.1, 0.15) is 11.5 Å². The quantitative estimate of drug-likeness (QED) is 0.749. The van der Waals surface area contributed by atoms with Crippen molar-refractivity contribution in [3.63, 3.8) is 0 Å². The lowest BCUT2D eigenvalue weighted by atomic mass is 10.3. The van der Waals surface area contributed by atoms with Crippen LogP contribution in [0.1, 0.15) is 6.92 Å². The molecule has 0 saturated heterocycles. The van der Waals surface area contributed by atoms with E-state index in [1.165, 1.54) is 20.9 Å². The highest BCUT2D eigenvalue weighted by atomic mass is 32.1. The van der Waals surface area contributed by atoms with E-state index in [-0.39, 0.29) is 18.5 Å². The predicted octanol–water partition coefficient (Wildman–Crippen LogP) is -0.0162. The first-order chi connectivity index (χ1) is 10.0. The van der Waals surface area contributed by atoms with E-state index in [4.69, 9.17) is 4.74 Å². The molecule has 1 unspecified atom stereocenters. The van der Waals surface area contributed by atoms with Crippen LogP contribution in [0.5, 0.6) is 0 Å². The van der Waals surface area contributed by atoms with E-state index in [1.54, 1.807) is 20.2 Å². The summed E-state index contributed by atoms with van der Waals surface area (Å²) < 4.78 is 7.24. The third kappa shape index (κ3) is 3.37. The molecule has 0 fully saturated rings. The summed E-state index contributed by atoms with van der Waals surface area (Å²) in [5.74, 6) is -0.222. The van der Waals surface area contributed by atoms with Gasteiger partial charge in [-0.2, -0.15) is 9.36 Å². The third-order valence-corrected chi connectivity index (χ3v) is 3.95. The molecule has 0 N–H and O–H groups in total. The number of amides is 1. The molecule has 114 valence electrons. The van der Waals surface area contributed by atoms with Gasteiger partial charge in [0.05, 0.1) is 12.6 Å². The van der Waals surface area contributed by atoms with Crippen LogP contribution >= 0.6 is 11.3 Å². The monoisotopic (exact) mass is 311 g/mol. The molecule has 0 aliphatic carbocycles. The number of aromatic nitrogens is 4. The molecule has 2 aromatic heterocycles. The van der Waals surface area contributed by atoms with Crippen LogP contribution in [0.2, 0.25) is 0 Å². The number of hydrogen-bond acceptors (Lipinski definition) is 6. The highest BCUT2D eigenvalue weighted by Gasteiger charge is 2.19. The van der Waals surface area contributed by atoms with E-state index in [2.05, 4.69) is 10.4 Å². The molecule has 0 aliphatic heterocycles. The molecule has 0 spiro atoms. The molecule has 21 heavy (non-hydrogen) atoms. The maximum Gasteiger partial charge on any atom is 0.369 e. The standard InChI is InChI=1S/C12H17N5O3S/c1-9(8-20-3)15(2)10(18)7-16-12(19)17(14-13-16)11-5-4-6-21-11/h4-6,9H,7-8H2,1-3H3. The summed E-state index contributed by atoms with van der Waals surface area (Å²) >= 11 is 1.38. The molecule has 8 nitrogen and oxygen atoms in total. The van der Waals surface area contributed by atoms with Gasteiger partial charge in [-0.25, -0.2) is 4.79 Å². The van der Waals surface area contributed by atoms with Crippen LogP contribution in [0.3, 0.4) is 0 Å². The second kappa shape index (κ2) is 6.64. The molecular formula is C12H17N5O3S. The Labute approximate surface area is 125 Å². The fraction of sp³-hybridized carbons (Fsp3) is 0.500. The minimum absolute atomic E-state index is 0.0782. The van der Waals surface area contributed by atoms with E-state index in [9.17, 15) is 9.59 Å². The highest BCUT2D eigenvalue weighted by Crippen LogP contribution is 2.10. The number of thiophene rings is 1. The first-order valence-electron chi connectivity index (χ1n) is 6.36.